The molecule has 1 aromatic carbocycles. The molecule has 3 N–H and O–H groups in total. The Hall–Kier alpha value is -0.910. The highest BCUT2D eigenvalue weighted by Gasteiger charge is 2.32. The molecule has 0 aliphatic carbocycles. The van der Waals surface area contributed by atoms with Crippen LogP contribution in [0.5, 0.6) is 5.75 Å². The molecule has 1 fully saturated rings. The van der Waals surface area contributed by atoms with Crippen LogP contribution in [-0.4, -0.2) is 28.0 Å². The second kappa shape index (κ2) is 4.53. The van der Waals surface area contributed by atoms with Gasteiger partial charge in [-0.05, 0) is 18.2 Å². The number of benzene rings is 1. The number of hydrogen-bond acceptors (Lipinski definition) is 4. The summed E-state index contributed by atoms with van der Waals surface area (Å²) in [5, 5.41) is 21.4. The van der Waals surface area contributed by atoms with Crippen molar-refractivity contribution in [3.8, 4) is 5.75 Å². The fraction of sp³-hybridized carbons (Fsp3) is 0.300. The van der Waals surface area contributed by atoms with Crippen molar-refractivity contribution in [2.75, 3.05) is 6.54 Å². The van der Waals surface area contributed by atoms with Gasteiger partial charge >= 0.3 is 5.97 Å². The number of carboxylic acids is 1. The zero-order valence-electron chi connectivity index (χ0n) is 8.18. The molecule has 2 atom stereocenters. The van der Waals surface area contributed by atoms with E-state index in [0.29, 0.717) is 17.1 Å². The summed E-state index contributed by atoms with van der Waals surface area (Å²) in [5.74, 6) is -0.720. The number of halogens is 1. The minimum atomic E-state index is -0.846. The molecule has 1 heterocycles. The second-order valence-corrected chi connectivity index (χ2v) is 5.20. The van der Waals surface area contributed by atoms with Gasteiger partial charge in [-0.25, -0.2) is 0 Å². The molecule has 86 valence electrons. The molecule has 0 saturated carbocycles. The van der Waals surface area contributed by atoms with Crippen LogP contribution < -0.4 is 5.32 Å². The smallest absolute Gasteiger partial charge is 0.318 e. The first-order chi connectivity index (χ1) is 7.58. The van der Waals surface area contributed by atoms with Crippen LogP contribution in [0.3, 0.4) is 0 Å². The van der Waals surface area contributed by atoms with Gasteiger partial charge in [-0.1, -0.05) is 11.6 Å². The van der Waals surface area contributed by atoms with Gasteiger partial charge in [-0.15, -0.1) is 11.8 Å². The third kappa shape index (κ3) is 2.26. The summed E-state index contributed by atoms with van der Waals surface area (Å²) in [6.45, 7) is 0.386. The van der Waals surface area contributed by atoms with Gasteiger partial charge in [0.1, 0.15) is 11.0 Å². The molecular formula is C10H10ClNO3S. The number of phenolic OH excluding ortho intramolecular Hbond substituents is 1. The van der Waals surface area contributed by atoms with E-state index >= 15 is 0 Å². The molecule has 0 bridgehead atoms. The molecule has 0 radical (unpaired) electrons. The maximum Gasteiger partial charge on any atom is 0.318 e. The summed E-state index contributed by atoms with van der Waals surface area (Å²) in [6, 6.07) is 4.74. The topological polar surface area (TPSA) is 69.6 Å². The Morgan fingerprint density at radius 1 is 1.56 bits per heavy atom. The molecule has 1 aliphatic heterocycles. The Kier molecular flexibility index (Phi) is 3.28. The van der Waals surface area contributed by atoms with Crippen molar-refractivity contribution in [3.05, 3.63) is 28.8 Å². The van der Waals surface area contributed by atoms with Gasteiger partial charge in [0.2, 0.25) is 0 Å². The molecule has 6 heteroatoms. The zero-order valence-corrected chi connectivity index (χ0v) is 9.76. The van der Waals surface area contributed by atoms with Crippen molar-refractivity contribution in [2.45, 2.75) is 10.6 Å². The van der Waals surface area contributed by atoms with Crippen LogP contribution in [0, 0.1) is 0 Å². The molecule has 4 nitrogen and oxygen atoms in total. The molecule has 2 rings (SSSR count). The van der Waals surface area contributed by atoms with Crippen LogP contribution >= 0.6 is 23.4 Å². The Labute approximate surface area is 102 Å². The maximum absolute atomic E-state index is 10.8. The van der Waals surface area contributed by atoms with Gasteiger partial charge in [-0.3, -0.25) is 10.1 Å². The molecule has 1 aliphatic rings. The summed E-state index contributed by atoms with van der Waals surface area (Å²) in [7, 11) is 0. The van der Waals surface area contributed by atoms with Gasteiger partial charge in [0.25, 0.3) is 0 Å². The first-order valence-corrected chi connectivity index (χ1v) is 6.00. The predicted octanol–water partition coefficient (Wildman–Crippen LogP) is 1.83. The number of carboxylic acid groups (broad SMARTS) is 1. The third-order valence-corrected chi connectivity index (χ3v) is 3.96. The average molecular weight is 260 g/mol. The normalized spacial score (nSPS) is 24.6. The van der Waals surface area contributed by atoms with Crippen LogP contribution in [0.25, 0.3) is 0 Å². The molecule has 0 spiro atoms. The first kappa shape index (κ1) is 11.6. The number of nitrogens with one attached hydrogen (secondary N) is 1. The summed E-state index contributed by atoms with van der Waals surface area (Å²) >= 11 is 7.10. The van der Waals surface area contributed by atoms with Crippen molar-refractivity contribution in [1.29, 1.82) is 0 Å². The van der Waals surface area contributed by atoms with Gasteiger partial charge in [0.05, 0.1) is 5.37 Å². The number of rotatable bonds is 2. The van der Waals surface area contributed by atoms with Gasteiger partial charge in [0, 0.05) is 17.1 Å². The van der Waals surface area contributed by atoms with E-state index in [1.165, 1.54) is 17.8 Å². The maximum atomic E-state index is 10.8. The van der Waals surface area contributed by atoms with E-state index in [1.54, 1.807) is 12.1 Å². The molecule has 1 aromatic rings. The Morgan fingerprint density at radius 3 is 2.94 bits per heavy atom. The lowest BCUT2D eigenvalue weighted by molar-refractivity contribution is -0.136. The van der Waals surface area contributed by atoms with E-state index in [4.69, 9.17) is 16.7 Å². The highest BCUT2D eigenvalue weighted by atomic mass is 35.5. The quantitative estimate of drug-likeness (QED) is 0.756. The van der Waals surface area contributed by atoms with Gasteiger partial charge < -0.3 is 10.2 Å². The second-order valence-electron chi connectivity index (χ2n) is 3.45. The Bertz CT molecular complexity index is 427. The SMILES string of the molecule is O=C(O)[C@@H]1CN[C@@H](c2cc(Cl)ccc2O)S1. The van der Waals surface area contributed by atoms with Gasteiger partial charge in [-0.2, -0.15) is 0 Å². The number of aromatic hydroxyl groups is 1. The van der Waals surface area contributed by atoms with Crippen molar-refractivity contribution in [3.63, 3.8) is 0 Å². The lowest BCUT2D eigenvalue weighted by atomic mass is 10.2. The number of carbonyl (C=O) groups is 1. The minimum Gasteiger partial charge on any atom is -0.508 e. The number of aliphatic carboxylic acids is 1. The average Bonchev–Trinajstić information content (AvgIpc) is 2.70. The summed E-state index contributed by atoms with van der Waals surface area (Å²) in [4.78, 5) is 10.8. The number of thioether (sulfide) groups is 1. The third-order valence-electron chi connectivity index (χ3n) is 2.34. The van der Waals surface area contributed by atoms with E-state index in [1.807, 2.05) is 0 Å². The Morgan fingerprint density at radius 2 is 2.31 bits per heavy atom. The molecular weight excluding hydrogens is 250 g/mol. The van der Waals surface area contributed by atoms with E-state index < -0.39 is 11.2 Å². The van der Waals surface area contributed by atoms with E-state index in [-0.39, 0.29) is 11.1 Å². The van der Waals surface area contributed by atoms with Crippen LogP contribution in [0.4, 0.5) is 0 Å². The fourth-order valence-electron chi connectivity index (χ4n) is 1.54. The summed E-state index contributed by atoms with van der Waals surface area (Å²) in [5.41, 5.74) is 0.626. The highest BCUT2D eigenvalue weighted by Crippen LogP contribution is 2.39. The van der Waals surface area contributed by atoms with Crippen LogP contribution in [0.1, 0.15) is 10.9 Å². The van der Waals surface area contributed by atoms with Gasteiger partial charge in [0.15, 0.2) is 0 Å². The first-order valence-electron chi connectivity index (χ1n) is 4.68. The molecule has 0 aromatic heterocycles. The van der Waals surface area contributed by atoms with E-state index in [9.17, 15) is 9.90 Å². The van der Waals surface area contributed by atoms with E-state index in [0.717, 1.165) is 0 Å². The predicted molar refractivity (Wildman–Crippen MR) is 62.9 cm³/mol. The molecule has 0 unspecified atom stereocenters. The molecule has 16 heavy (non-hydrogen) atoms. The van der Waals surface area contributed by atoms with Crippen LogP contribution in [0.15, 0.2) is 18.2 Å². The van der Waals surface area contributed by atoms with Crippen LogP contribution in [0.2, 0.25) is 5.02 Å². The standard InChI is InChI=1S/C10H10ClNO3S/c11-5-1-2-7(13)6(3-5)9-12-4-8(16-9)10(14)15/h1-3,8-9,12-13H,4H2,(H,14,15)/t8-,9+/m0/s1. The van der Waals surface area contributed by atoms with Crippen molar-refractivity contribution >= 4 is 29.3 Å². The van der Waals surface area contributed by atoms with Crippen molar-refractivity contribution in [1.82, 2.24) is 5.32 Å². The largest absolute Gasteiger partial charge is 0.508 e. The van der Waals surface area contributed by atoms with Crippen molar-refractivity contribution in [2.24, 2.45) is 0 Å². The van der Waals surface area contributed by atoms with Crippen molar-refractivity contribution < 1.29 is 15.0 Å². The lowest BCUT2D eigenvalue weighted by Gasteiger charge is -2.12. The number of hydrogen-bond donors (Lipinski definition) is 3. The number of phenols is 1. The molecule has 0 amide bonds. The summed E-state index contributed by atoms with van der Waals surface area (Å²) in [6.07, 6.45) is 0. The summed E-state index contributed by atoms with van der Waals surface area (Å²) < 4.78 is 0. The van der Waals surface area contributed by atoms with E-state index in [2.05, 4.69) is 5.32 Å². The fourth-order valence-corrected chi connectivity index (χ4v) is 2.88. The minimum absolute atomic E-state index is 0.125. The monoisotopic (exact) mass is 259 g/mol. The lowest BCUT2D eigenvalue weighted by Crippen LogP contribution is -2.21. The van der Waals surface area contributed by atoms with Crippen LogP contribution in [-0.2, 0) is 4.79 Å². The highest BCUT2D eigenvalue weighted by molar-refractivity contribution is 8.01. The molecule has 1 saturated heterocycles. The zero-order chi connectivity index (χ0) is 11.7. The Balaban J connectivity index is 2.20.